The molecule has 1 aromatic carbocycles. The van der Waals surface area contributed by atoms with Gasteiger partial charge in [0.2, 0.25) is 21.8 Å². The highest BCUT2D eigenvalue weighted by molar-refractivity contribution is 7.89. The van der Waals surface area contributed by atoms with Crippen molar-refractivity contribution in [3.05, 3.63) is 24.3 Å². The van der Waals surface area contributed by atoms with E-state index >= 15 is 0 Å². The van der Waals surface area contributed by atoms with E-state index in [2.05, 4.69) is 10.0 Å². The molecule has 3 N–H and O–H groups in total. The fourth-order valence-electron chi connectivity index (χ4n) is 2.38. The van der Waals surface area contributed by atoms with Crippen LogP contribution in [0.2, 0.25) is 0 Å². The number of carbonyl (C=O) groups excluding carboxylic acids is 2. The van der Waals surface area contributed by atoms with Crippen LogP contribution in [-0.4, -0.2) is 55.3 Å². The Hall–Kier alpha value is -2.46. The van der Waals surface area contributed by atoms with E-state index in [4.69, 9.17) is 5.11 Å². The minimum absolute atomic E-state index is 0.0263. The number of hydrogen-bond acceptors (Lipinski definition) is 5. The second-order valence-corrected chi connectivity index (χ2v) is 8.27. The fourth-order valence-corrected chi connectivity index (χ4v) is 3.58. The van der Waals surface area contributed by atoms with Crippen LogP contribution in [0.15, 0.2) is 29.2 Å². The third kappa shape index (κ3) is 7.35. The van der Waals surface area contributed by atoms with Crippen LogP contribution in [0, 0.1) is 5.92 Å². The number of carboxylic acids is 1. The van der Waals surface area contributed by atoms with Crippen LogP contribution < -0.4 is 10.0 Å². The lowest BCUT2D eigenvalue weighted by Crippen LogP contribution is -2.49. The van der Waals surface area contributed by atoms with Crippen molar-refractivity contribution in [2.75, 3.05) is 18.4 Å². The first kappa shape index (κ1) is 22.6. The number of amides is 2. The highest BCUT2D eigenvalue weighted by atomic mass is 32.2. The molecule has 0 heterocycles. The second-order valence-electron chi connectivity index (χ2n) is 6.55. The number of benzene rings is 1. The largest absolute Gasteiger partial charge is 0.480 e. The van der Waals surface area contributed by atoms with Gasteiger partial charge in [-0.15, -0.1) is 0 Å². The summed E-state index contributed by atoms with van der Waals surface area (Å²) >= 11 is 0. The topological polar surface area (TPSA) is 133 Å². The average Bonchev–Trinajstić information content (AvgIpc) is 2.52. The Morgan fingerprint density at radius 1 is 1.11 bits per heavy atom. The molecule has 0 saturated heterocycles. The van der Waals surface area contributed by atoms with Crippen molar-refractivity contribution >= 4 is 33.5 Å². The van der Waals surface area contributed by atoms with E-state index in [1.165, 1.54) is 38.1 Å². The van der Waals surface area contributed by atoms with Gasteiger partial charge in [-0.2, -0.15) is 4.72 Å². The van der Waals surface area contributed by atoms with Crippen LogP contribution in [0.3, 0.4) is 0 Å². The number of nitrogens with one attached hydrogen (secondary N) is 2. The highest BCUT2D eigenvalue weighted by Crippen LogP contribution is 2.15. The molecule has 9 nitrogen and oxygen atoms in total. The predicted molar refractivity (Wildman–Crippen MR) is 99.6 cm³/mol. The molecule has 0 saturated carbocycles. The summed E-state index contributed by atoms with van der Waals surface area (Å²) in [5.41, 5.74) is 0.440. The zero-order valence-electron chi connectivity index (χ0n) is 15.7. The lowest BCUT2D eigenvalue weighted by molar-refractivity contribution is -0.145. The number of anilines is 1. The van der Waals surface area contributed by atoms with E-state index in [0.717, 1.165) is 4.90 Å². The van der Waals surface area contributed by atoms with Crippen LogP contribution in [0.25, 0.3) is 0 Å². The van der Waals surface area contributed by atoms with Gasteiger partial charge in [-0.25, -0.2) is 8.42 Å². The Morgan fingerprint density at radius 3 is 2.11 bits per heavy atom. The van der Waals surface area contributed by atoms with Crippen molar-refractivity contribution in [1.82, 2.24) is 9.62 Å². The summed E-state index contributed by atoms with van der Waals surface area (Å²) in [5.74, 6) is -2.05. The maximum absolute atomic E-state index is 12.5. The maximum Gasteiger partial charge on any atom is 0.323 e. The van der Waals surface area contributed by atoms with E-state index in [-0.39, 0.29) is 23.3 Å². The van der Waals surface area contributed by atoms with Crippen LogP contribution >= 0.6 is 0 Å². The first-order valence-corrected chi connectivity index (χ1v) is 9.81. The summed E-state index contributed by atoms with van der Waals surface area (Å²) in [6.45, 7) is 6.04. The summed E-state index contributed by atoms with van der Waals surface area (Å²) in [6.07, 6.45) is 0. The highest BCUT2D eigenvalue weighted by Gasteiger charge is 2.27. The van der Waals surface area contributed by atoms with Crippen molar-refractivity contribution in [2.45, 2.75) is 38.6 Å². The number of nitrogens with zero attached hydrogens (tertiary/aromatic N) is 1. The molecule has 10 heteroatoms. The molecule has 1 atom stereocenters. The quantitative estimate of drug-likeness (QED) is 0.565. The Kier molecular flexibility index (Phi) is 7.92. The molecule has 1 unspecified atom stereocenters. The molecule has 1 rings (SSSR count). The van der Waals surface area contributed by atoms with E-state index in [0.29, 0.717) is 5.69 Å². The van der Waals surface area contributed by atoms with Crippen LogP contribution in [0.4, 0.5) is 5.69 Å². The van der Waals surface area contributed by atoms with Gasteiger partial charge in [0.25, 0.3) is 0 Å². The van der Waals surface area contributed by atoms with E-state index in [1.54, 1.807) is 0 Å². The summed E-state index contributed by atoms with van der Waals surface area (Å²) in [4.78, 5) is 35.5. The van der Waals surface area contributed by atoms with Gasteiger partial charge in [-0.05, 0) is 37.1 Å². The third-order valence-electron chi connectivity index (χ3n) is 3.41. The zero-order valence-corrected chi connectivity index (χ0v) is 16.5. The SMILES string of the molecule is CC(=O)Nc1ccc(S(=O)(=O)NC(C)C(=O)N(CC(=O)O)CC(C)C)cc1. The molecule has 27 heavy (non-hydrogen) atoms. The lowest BCUT2D eigenvalue weighted by Gasteiger charge is -2.26. The Labute approximate surface area is 158 Å². The number of sulfonamides is 1. The molecule has 2 amide bonds. The molecular formula is C17H25N3O6S. The van der Waals surface area contributed by atoms with Crippen molar-refractivity contribution in [2.24, 2.45) is 5.92 Å². The van der Waals surface area contributed by atoms with Gasteiger partial charge in [-0.3, -0.25) is 14.4 Å². The van der Waals surface area contributed by atoms with Crippen LogP contribution in [-0.2, 0) is 24.4 Å². The van der Waals surface area contributed by atoms with Gasteiger partial charge in [0.15, 0.2) is 0 Å². The van der Waals surface area contributed by atoms with Gasteiger partial charge in [0.1, 0.15) is 6.54 Å². The molecule has 0 spiro atoms. The standard InChI is InChI=1S/C17H25N3O6S/c1-11(2)9-20(10-16(22)23)17(24)12(3)19-27(25,26)15-7-5-14(6-8-15)18-13(4)21/h5-8,11-12,19H,9-10H2,1-4H3,(H,18,21)(H,22,23). The van der Waals surface area contributed by atoms with Crippen molar-refractivity contribution < 1.29 is 27.9 Å². The molecule has 0 aromatic heterocycles. The summed E-state index contributed by atoms with van der Waals surface area (Å²) in [6, 6.07) is 4.32. The number of carbonyl (C=O) groups is 3. The van der Waals surface area contributed by atoms with Crippen LogP contribution in [0.1, 0.15) is 27.7 Å². The number of carboxylic acid groups (broad SMARTS) is 1. The zero-order chi connectivity index (χ0) is 20.8. The van der Waals surface area contributed by atoms with E-state index in [9.17, 15) is 22.8 Å². The molecule has 1 aromatic rings. The normalized spacial score (nSPS) is 12.5. The molecular weight excluding hydrogens is 374 g/mol. The van der Waals surface area contributed by atoms with Crippen molar-refractivity contribution in [3.8, 4) is 0 Å². The summed E-state index contributed by atoms with van der Waals surface area (Å²) in [7, 11) is -4.00. The molecule has 0 bridgehead atoms. The van der Waals surface area contributed by atoms with Gasteiger partial charge in [0, 0.05) is 19.2 Å². The first-order chi connectivity index (χ1) is 12.4. The average molecular weight is 399 g/mol. The predicted octanol–water partition coefficient (Wildman–Crippen LogP) is 0.881. The molecule has 0 fully saturated rings. The van der Waals surface area contributed by atoms with Gasteiger partial charge in [-0.1, -0.05) is 13.8 Å². The summed E-state index contributed by atoms with van der Waals surface area (Å²) in [5, 5.41) is 11.5. The monoisotopic (exact) mass is 399 g/mol. The lowest BCUT2D eigenvalue weighted by atomic mass is 10.2. The summed E-state index contributed by atoms with van der Waals surface area (Å²) < 4.78 is 27.2. The molecule has 0 aliphatic rings. The Bertz CT molecular complexity index is 789. The number of aliphatic carboxylic acids is 1. The number of hydrogen-bond donors (Lipinski definition) is 3. The van der Waals surface area contributed by atoms with Gasteiger partial charge < -0.3 is 15.3 Å². The van der Waals surface area contributed by atoms with E-state index in [1.807, 2.05) is 13.8 Å². The molecule has 0 aliphatic carbocycles. The van der Waals surface area contributed by atoms with Gasteiger partial charge >= 0.3 is 5.97 Å². The minimum Gasteiger partial charge on any atom is -0.480 e. The van der Waals surface area contributed by atoms with E-state index < -0.39 is 34.5 Å². The van der Waals surface area contributed by atoms with Gasteiger partial charge in [0.05, 0.1) is 10.9 Å². The molecule has 150 valence electrons. The van der Waals surface area contributed by atoms with Crippen LogP contribution in [0.5, 0.6) is 0 Å². The third-order valence-corrected chi connectivity index (χ3v) is 4.97. The number of rotatable bonds is 9. The maximum atomic E-state index is 12.5. The second kappa shape index (κ2) is 9.47. The molecule has 0 radical (unpaired) electrons. The Morgan fingerprint density at radius 2 is 1.67 bits per heavy atom. The molecule has 0 aliphatic heterocycles. The first-order valence-electron chi connectivity index (χ1n) is 8.33. The van der Waals surface area contributed by atoms with Crippen molar-refractivity contribution in [3.63, 3.8) is 0 Å². The smallest absolute Gasteiger partial charge is 0.323 e. The van der Waals surface area contributed by atoms with Crippen molar-refractivity contribution in [1.29, 1.82) is 0 Å². The fraction of sp³-hybridized carbons (Fsp3) is 0.471. The Balaban J connectivity index is 2.91. The minimum atomic E-state index is -4.00.